The van der Waals surface area contributed by atoms with Gasteiger partial charge in [0.25, 0.3) is 0 Å². The number of fused-ring (bicyclic) bond motifs is 2. The van der Waals surface area contributed by atoms with E-state index in [1.54, 1.807) is 6.20 Å². The van der Waals surface area contributed by atoms with Gasteiger partial charge in [0.05, 0.1) is 0 Å². The summed E-state index contributed by atoms with van der Waals surface area (Å²) in [7, 11) is 0. The summed E-state index contributed by atoms with van der Waals surface area (Å²) in [5.41, 5.74) is 2.21. The summed E-state index contributed by atoms with van der Waals surface area (Å²) >= 11 is 6.23. The van der Waals surface area contributed by atoms with Crippen LogP contribution in [0.15, 0.2) is 59.1 Å². The van der Waals surface area contributed by atoms with Gasteiger partial charge in [-0.15, -0.1) is 0 Å². The number of nitrogens with zero attached hydrogens (tertiary/aromatic N) is 2. The van der Waals surface area contributed by atoms with Crippen LogP contribution in [0.25, 0.3) is 33.5 Å². The van der Waals surface area contributed by atoms with E-state index in [2.05, 4.69) is 9.97 Å². The molecule has 0 N–H and O–H groups in total. The van der Waals surface area contributed by atoms with Crippen molar-refractivity contribution in [2.45, 2.75) is 0 Å². The lowest BCUT2D eigenvalue weighted by atomic mass is 10.0. The molecular weight excluding hydrogens is 272 g/mol. The summed E-state index contributed by atoms with van der Waals surface area (Å²) in [4.78, 5) is 8.64. The highest BCUT2D eigenvalue weighted by Crippen LogP contribution is 2.32. The summed E-state index contributed by atoms with van der Waals surface area (Å²) in [6.45, 7) is 0. The number of halogens is 1. The van der Waals surface area contributed by atoms with E-state index in [0.717, 1.165) is 21.4 Å². The molecule has 0 saturated carbocycles. The van der Waals surface area contributed by atoms with Crippen molar-refractivity contribution in [1.82, 2.24) is 9.97 Å². The fourth-order valence-electron chi connectivity index (χ4n) is 2.34. The minimum absolute atomic E-state index is 0.562. The maximum Gasteiger partial charge on any atom is 0.229 e. The van der Waals surface area contributed by atoms with Gasteiger partial charge in [0.1, 0.15) is 0 Å². The van der Waals surface area contributed by atoms with Crippen LogP contribution in [0.2, 0.25) is 5.02 Å². The lowest BCUT2D eigenvalue weighted by Gasteiger charge is -2.04. The van der Waals surface area contributed by atoms with Gasteiger partial charge in [-0.25, -0.2) is 4.98 Å². The van der Waals surface area contributed by atoms with Crippen LogP contribution in [0.5, 0.6) is 0 Å². The molecule has 2 aromatic carbocycles. The molecule has 4 heteroatoms. The second-order valence-corrected chi connectivity index (χ2v) is 4.89. The van der Waals surface area contributed by atoms with Gasteiger partial charge in [-0.05, 0) is 29.7 Å². The molecule has 0 amide bonds. The van der Waals surface area contributed by atoms with Crippen molar-refractivity contribution in [3.63, 3.8) is 0 Å². The fraction of sp³-hybridized carbons (Fsp3) is 0. The molecular formula is C16H9ClN2O. The predicted octanol–water partition coefficient (Wildman–Crippen LogP) is 4.70. The van der Waals surface area contributed by atoms with Crippen molar-refractivity contribution in [1.29, 1.82) is 0 Å². The van der Waals surface area contributed by atoms with Crippen molar-refractivity contribution >= 4 is 33.6 Å². The smallest absolute Gasteiger partial charge is 0.229 e. The van der Waals surface area contributed by atoms with E-state index in [1.807, 2.05) is 48.5 Å². The Morgan fingerprint density at radius 3 is 2.65 bits per heavy atom. The van der Waals surface area contributed by atoms with Gasteiger partial charge >= 0.3 is 0 Å². The van der Waals surface area contributed by atoms with Crippen molar-refractivity contribution in [3.8, 4) is 11.5 Å². The zero-order chi connectivity index (χ0) is 13.5. The summed E-state index contributed by atoms with van der Waals surface area (Å²) in [5, 5.41) is 2.73. The normalized spacial score (nSPS) is 11.2. The standard InChI is InChI=1S/C16H9ClN2O/c17-13-7-2-4-10-11(13)5-1-6-12(10)16-19-15-14(20-16)8-3-9-18-15/h1-9H. The van der Waals surface area contributed by atoms with E-state index in [4.69, 9.17) is 16.0 Å². The second kappa shape index (κ2) is 4.32. The third-order valence-electron chi connectivity index (χ3n) is 3.26. The van der Waals surface area contributed by atoms with E-state index in [-0.39, 0.29) is 0 Å². The molecule has 2 aromatic heterocycles. The SMILES string of the molecule is Clc1cccc2c(-c3nc4ncccc4o3)cccc12. The molecule has 0 atom stereocenters. The molecule has 0 aliphatic carbocycles. The minimum atomic E-state index is 0.562. The van der Waals surface area contributed by atoms with E-state index >= 15 is 0 Å². The van der Waals surface area contributed by atoms with E-state index < -0.39 is 0 Å². The summed E-state index contributed by atoms with van der Waals surface area (Å²) in [6.07, 6.45) is 1.70. The van der Waals surface area contributed by atoms with E-state index in [0.29, 0.717) is 17.1 Å². The van der Waals surface area contributed by atoms with Crippen LogP contribution in [-0.2, 0) is 0 Å². The fourth-order valence-corrected chi connectivity index (χ4v) is 2.58. The van der Waals surface area contributed by atoms with Gasteiger partial charge in [0, 0.05) is 22.2 Å². The topological polar surface area (TPSA) is 38.9 Å². The molecule has 4 aromatic rings. The van der Waals surface area contributed by atoms with Gasteiger partial charge in [0.2, 0.25) is 5.89 Å². The lowest BCUT2D eigenvalue weighted by Crippen LogP contribution is -1.82. The highest BCUT2D eigenvalue weighted by molar-refractivity contribution is 6.35. The van der Waals surface area contributed by atoms with E-state index in [9.17, 15) is 0 Å². The Morgan fingerprint density at radius 1 is 0.900 bits per heavy atom. The first-order valence-electron chi connectivity index (χ1n) is 6.22. The molecule has 0 saturated heterocycles. The first-order valence-corrected chi connectivity index (χ1v) is 6.60. The van der Waals surface area contributed by atoms with Crippen molar-refractivity contribution in [2.75, 3.05) is 0 Å². The van der Waals surface area contributed by atoms with Crippen molar-refractivity contribution < 1.29 is 4.42 Å². The Hall–Kier alpha value is -2.39. The minimum Gasteiger partial charge on any atom is -0.434 e. The van der Waals surface area contributed by atoms with Gasteiger partial charge < -0.3 is 4.42 Å². The molecule has 96 valence electrons. The monoisotopic (exact) mass is 280 g/mol. The zero-order valence-corrected chi connectivity index (χ0v) is 11.1. The predicted molar refractivity (Wildman–Crippen MR) is 79.8 cm³/mol. The summed E-state index contributed by atoms with van der Waals surface area (Å²) < 4.78 is 5.79. The van der Waals surface area contributed by atoms with Crippen LogP contribution in [-0.4, -0.2) is 9.97 Å². The molecule has 0 fully saturated rings. The molecule has 0 aliphatic heterocycles. The molecule has 0 radical (unpaired) electrons. The average Bonchev–Trinajstić information content (AvgIpc) is 2.91. The molecule has 0 aliphatic rings. The quantitative estimate of drug-likeness (QED) is 0.507. The highest BCUT2D eigenvalue weighted by atomic mass is 35.5. The van der Waals surface area contributed by atoms with Gasteiger partial charge in [-0.3, -0.25) is 0 Å². The number of aromatic nitrogens is 2. The highest BCUT2D eigenvalue weighted by Gasteiger charge is 2.12. The number of pyridine rings is 1. The first-order chi connectivity index (χ1) is 9.83. The Morgan fingerprint density at radius 2 is 1.75 bits per heavy atom. The number of oxazole rings is 1. The first kappa shape index (κ1) is 11.4. The van der Waals surface area contributed by atoms with Crippen LogP contribution in [0.4, 0.5) is 0 Å². The third-order valence-corrected chi connectivity index (χ3v) is 3.59. The van der Waals surface area contributed by atoms with Crippen molar-refractivity contribution in [2.24, 2.45) is 0 Å². The summed E-state index contributed by atoms with van der Waals surface area (Å²) in [6, 6.07) is 15.4. The molecule has 4 rings (SSSR count). The number of hydrogen-bond donors (Lipinski definition) is 0. The molecule has 0 bridgehead atoms. The third kappa shape index (κ3) is 1.67. The Balaban J connectivity index is 2.04. The molecule has 20 heavy (non-hydrogen) atoms. The van der Waals surface area contributed by atoms with Crippen LogP contribution in [0.1, 0.15) is 0 Å². The molecule has 0 unspecified atom stereocenters. The van der Waals surface area contributed by atoms with Gasteiger partial charge in [-0.2, -0.15) is 4.98 Å². The lowest BCUT2D eigenvalue weighted by molar-refractivity contribution is 0.620. The number of benzene rings is 2. The molecule has 0 spiro atoms. The average molecular weight is 281 g/mol. The maximum absolute atomic E-state index is 6.23. The van der Waals surface area contributed by atoms with Crippen LogP contribution in [0, 0.1) is 0 Å². The maximum atomic E-state index is 6.23. The van der Waals surface area contributed by atoms with E-state index in [1.165, 1.54) is 0 Å². The Labute approximate surface area is 119 Å². The summed E-state index contributed by atoms with van der Waals surface area (Å²) in [5.74, 6) is 0.562. The molecule has 2 heterocycles. The van der Waals surface area contributed by atoms with Crippen LogP contribution >= 0.6 is 11.6 Å². The Kier molecular flexibility index (Phi) is 2.47. The largest absolute Gasteiger partial charge is 0.434 e. The van der Waals surface area contributed by atoms with Gasteiger partial charge in [0.15, 0.2) is 11.2 Å². The Bertz CT molecular complexity index is 897. The van der Waals surface area contributed by atoms with Gasteiger partial charge in [-0.1, -0.05) is 35.9 Å². The number of hydrogen-bond acceptors (Lipinski definition) is 3. The van der Waals surface area contributed by atoms with Crippen LogP contribution in [0.3, 0.4) is 0 Å². The van der Waals surface area contributed by atoms with Crippen LogP contribution < -0.4 is 0 Å². The zero-order valence-electron chi connectivity index (χ0n) is 10.4. The van der Waals surface area contributed by atoms with Crippen molar-refractivity contribution in [3.05, 3.63) is 59.8 Å². The number of rotatable bonds is 1. The molecule has 3 nitrogen and oxygen atoms in total. The second-order valence-electron chi connectivity index (χ2n) is 4.48.